The second-order valence-corrected chi connectivity index (χ2v) is 6.86. The minimum atomic E-state index is -0.250. The SMILES string of the molecule is CN(C)CC(=O)N1CCc2c(C(=O)NCCOc3ccccc3)n[nH]c2C1.O=CO. The lowest BCUT2D eigenvalue weighted by Gasteiger charge is -2.28. The number of hydrogen-bond donors (Lipinski definition) is 3. The number of hydrogen-bond acceptors (Lipinski definition) is 6. The van der Waals surface area contributed by atoms with E-state index in [9.17, 15) is 9.59 Å². The van der Waals surface area contributed by atoms with Crippen LogP contribution in [0.4, 0.5) is 0 Å². The summed E-state index contributed by atoms with van der Waals surface area (Å²) in [5, 5.41) is 16.8. The van der Waals surface area contributed by atoms with Gasteiger partial charge >= 0.3 is 0 Å². The van der Waals surface area contributed by atoms with Gasteiger partial charge in [0, 0.05) is 12.1 Å². The molecule has 2 amide bonds. The van der Waals surface area contributed by atoms with Crippen molar-refractivity contribution >= 4 is 18.3 Å². The first-order valence-corrected chi connectivity index (χ1v) is 9.48. The Bertz CT molecular complexity index is 837. The van der Waals surface area contributed by atoms with Crippen LogP contribution in [0, 0.1) is 0 Å². The molecule has 0 saturated carbocycles. The smallest absolute Gasteiger partial charge is 0.290 e. The Labute approximate surface area is 174 Å². The van der Waals surface area contributed by atoms with Crippen LogP contribution in [-0.4, -0.2) is 83.7 Å². The summed E-state index contributed by atoms with van der Waals surface area (Å²) < 4.78 is 5.57. The van der Waals surface area contributed by atoms with E-state index in [0.29, 0.717) is 44.9 Å². The summed E-state index contributed by atoms with van der Waals surface area (Å²) in [4.78, 5) is 36.6. The number of H-pyrrole nitrogens is 1. The fraction of sp³-hybridized carbons (Fsp3) is 0.400. The fourth-order valence-corrected chi connectivity index (χ4v) is 3.02. The van der Waals surface area contributed by atoms with Crippen molar-refractivity contribution in [2.75, 3.05) is 40.3 Å². The highest BCUT2D eigenvalue weighted by Crippen LogP contribution is 2.20. The third-order valence-corrected chi connectivity index (χ3v) is 4.35. The number of carboxylic acid groups (broad SMARTS) is 1. The van der Waals surface area contributed by atoms with Crippen LogP contribution in [0.25, 0.3) is 0 Å². The minimum absolute atomic E-state index is 0.0734. The number of aromatic nitrogens is 2. The highest BCUT2D eigenvalue weighted by atomic mass is 16.5. The molecule has 30 heavy (non-hydrogen) atoms. The molecule has 0 fully saturated rings. The van der Waals surface area contributed by atoms with Gasteiger partial charge in [-0.05, 0) is 32.6 Å². The molecule has 2 heterocycles. The molecule has 162 valence electrons. The number of likely N-dealkylation sites (N-methyl/N-ethyl adjacent to an activating group) is 1. The zero-order valence-electron chi connectivity index (χ0n) is 17.1. The van der Waals surface area contributed by atoms with E-state index in [4.69, 9.17) is 14.6 Å². The first-order valence-electron chi connectivity index (χ1n) is 9.48. The maximum Gasteiger partial charge on any atom is 0.290 e. The number of ether oxygens (including phenoxy) is 1. The normalized spacial score (nSPS) is 12.4. The van der Waals surface area contributed by atoms with Crippen molar-refractivity contribution in [2.24, 2.45) is 0 Å². The van der Waals surface area contributed by atoms with Crippen molar-refractivity contribution in [3.8, 4) is 5.75 Å². The average molecular weight is 417 g/mol. The number of para-hydroxylation sites is 1. The summed E-state index contributed by atoms with van der Waals surface area (Å²) in [5.41, 5.74) is 2.13. The average Bonchev–Trinajstić information content (AvgIpc) is 3.15. The van der Waals surface area contributed by atoms with Crippen LogP contribution in [0.1, 0.15) is 21.7 Å². The number of fused-ring (bicyclic) bond motifs is 1. The van der Waals surface area contributed by atoms with Crippen LogP contribution in [-0.2, 0) is 22.6 Å². The molecule has 0 spiro atoms. The largest absolute Gasteiger partial charge is 0.492 e. The Morgan fingerprint density at radius 2 is 2.03 bits per heavy atom. The summed E-state index contributed by atoms with van der Waals surface area (Å²) in [6, 6.07) is 9.46. The van der Waals surface area contributed by atoms with E-state index in [0.717, 1.165) is 17.0 Å². The molecule has 0 bridgehead atoms. The molecule has 0 unspecified atom stereocenters. The summed E-state index contributed by atoms with van der Waals surface area (Å²) >= 11 is 0. The van der Waals surface area contributed by atoms with Crippen LogP contribution in [0.2, 0.25) is 0 Å². The number of amides is 2. The van der Waals surface area contributed by atoms with E-state index in [-0.39, 0.29) is 18.3 Å². The number of carbonyl (C=O) groups is 3. The van der Waals surface area contributed by atoms with Gasteiger partial charge in [0.15, 0.2) is 5.69 Å². The van der Waals surface area contributed by atoms with Gasteiger partial charge in [0.1, 0.15) is 12.4 Å². The van der Waals surface area contributed by atoms with Gasteiger partial charge in [-0.1, -0.05) is 18.2 Å². The van der Waals surface area contributed by atoms with Gasteiger partial charge in [-0.2, -0.15) is 5.10 Å². The second-order valence-electron chi connectivity index (χ2n) is 6.86. The maximum absolute atomic E-state index is 12.4. The van der Waals surface area contributed by atoms with Crippen LogP contribution >= 0.6 is 0 Å². The summed E-state index contributed by atoms with van der Waals surface area (Å²) in [5.74, 6) is 0.618. The van der Waals surface area contributed by atoms with E-state index in [1.54, 1.807) is 4.90 Å². The Morgan fingerprint density at radius 1 is 1.33 bits per heavy atom. The first kappa shape index (κ1) is 22.9. The summed E-state index contributed by atoms with van der Waals surface area (Å²) in [6.07, 6.45) is 0.619. The lowest BCUT2D eigenvalue weighted by molar-refractivity contribution is -0.132. The molecule has 1 aliphatic heterocycles. The molecule has 0 saturated heterocycles. The predicted octanol–water partition coefficient (Wildman–Crippen LogP) is 0.366. The van der Waals surface area contributed by atoms with E-state index >= 15 is 0 Å². The van der Waals surface area contributed by atoms with Gasteiger partial charge in [0.05, 0.1) is 25.3 Å². The second kappa shape index (κ2) is 11.6. The molecular weight excluding hydrogens is 390 g/mol. The number of rotatable bonds is 7. The molecule has 1 aromatic carbocycles. The van der Waals surface area contributed by atoms with Crippen LogP contribution in [0.5, 0.6) is 5.75 Å². The molecule has 3 rings (SSSR count). The third kappa shape index (κ3) is 6.59. The zero-order valence-corrected chi connectivity index (χ0v) is 17.1. The third-order valence-electron chi connectivity index (χ3n) is 4.35. The van der Waals surface area contributed by atoms with Crippen molar-refractivity contribution in [3.63, 3.8) is 0 Å². The number of nitrogens with zero attached hydrogens (tertiary/aromatic N) is 3. The molecule has 0 atom stereocenters. The molecule has 0 radical (unpaired) electrons. The number of carbonyl (C=O) groups excluding carboxylic acids is 2. The van der Waals surface area contributed by atoms with E-state index in [1.807, 2.05) is 49.3 Å². The Morgan fingerprint density at radius 3 is 2.70 bits per heavy atom. The standard InChI is InChI=1S/C19H25N5O3.CH2O2/c1-23(2)13-17(25)24-10-8-15-16(12-24)21-22-18(15)19(26)20-9-11-27-14-6-4-3-5-7-14;2-1-3/h3-7H,8-13H2,1-2H3,(H,20,26)(H,21,22);1H,(H,2,3). The fourth-order valence-electron chi connectivity index (χ4n) is 3.02. The molecule has 10 heteroatoms. The molecule has 10 nitrogen and oxygen atoms in total. The van der Waals surface area contributed by atoms with Gasteiger partial charge < -0.3 is 25.0 Å². The van der Waals surface area contributed by atoms with Gasteiger partial charge in [-0.3, -0.25) is 19.5 Å². The molecule has 3 N–H and O–H groups in total. The van der Waals surface area contributed by atoms with Crippen LogP contribution < -0.4 is 10.1 Å². The van der Waals surface area contributed by atoms with Crippen molar-refractivity contribution in [2.45, 2.75) is 13.0 Å². The number of benzene rings is 1. The highest BCUT2D eigenvalue weighted by Gasteiger charge is 2.27. The quantitative estimate of drug-likeness (QED) is 0.438. The first-order chi connectivity index (χ1) is 14.5. The van der Waals surface area contributed by atoms with E-state index in [2.05, 4.69) is 15.5 Å². The lowest BCUT2D eigenvalue weighted by Crippen LogP contribution is -2.41. The van der Waals surface area contributed by atoms with Gasteiger partial charge in [0.2, 0.25) is 5.91 Å². The minimum Gasteiger partial charge on any atom is -0.492 e. The monoisotopic (exact) mass is 417 g/mol. The summed E-state index contributed by atoms with van der Waals surface area (Å²) in [7, 11) is 3.74. The maximum atomic E-state index is 12.4. The Hall–Kier alpha value is -3.40. The highest BCUT2D eigenvalue weighted by molar-refractivity contribution is 5.94. The zero-order chi connectivity index (χ0) is 21.9. The Kier molecular flexibility index (Phi) is 8.82. The van der Waals surface area contributed by atoms with Crippen molar-refractivity contribution in [1.82, 2.24) is 25.3 Å². The molecule has 1 aromatic heterocycles. The van der Waals surface area contributed by atoms with Crippen LogP contribution in [0.15, 0.2) is 30.3 Å². The number of nitrogens with one attached hydrogen (secondary N) is 2. The molecular formula is C20H27N5O5. The lowest BCUT2D eigenvalue weighted by atomic mass is 10.0. The van der Waals surface area contributed by atoms with E-state index < -0.39 is 0 Å². The Balaban J connectivity index is 0.00000101. The molecule has 1 aliphatic rings. The number of aromatic amines is 1. The van der Waals surface area contributed by atoms with Gasteiger partial charge in [0.25, 0.3) is 12.4 Å². The summed E-state index contributed by atoms with van der Waals surface area (Å²) in [6.45, 7) is 1.95. The van der Waals surface area contributed by atoms with Crippen molar-refractivity contribution < 1.29 is 24.2 Å². The van der Waals surface area contributed by atoms with E-state index in [1.165, 1.54) is 0 Å². The van der Waals surface area contributed by atoms with Crippen molar-refractivity contribution in [1.29, 1.82) is 0 Å². The molecule has 2 aromatic rings. The predicted molar refractivity (Wildman–Crippen MR) is 109 cm³/mol. The topological polar surface area (TPSA) is 128 Å². The van der Waals surface area contributed by atoms with Crippen molar-refractivity contribution in [3.05, 3.63) is 47.3 Å². The van der Waals surface area contributed by atoms with Gasteiger partial charge in [-0.15, -0.1) is 0 Å². The molecule has 0 aliphatic carbocycles. The van der Waals surface area contributed by atoms with Gasteiger partial charge in [-0.25, -0.2) is 0 Å². The van der Waals surface area contributed by atoms with Crippen LogP contribution in [0.3, 0.4) is 0 Å².